The number of piperidine rings is 1. The van der Waals surface area contributed by atoms with Crippen LogP contribution in [0.25, 0.3) is 0 Å². The van der Waals surface area contributed by atoms with Crippen LogP contribution in [0, 0.1) is 5.41 Å². The summed E-state index contributed by atoms with van der Waals surface area (Å²) in [5.41, 5.74) is -0.132. The van der Waals surface area contributed by atoms with Crippen LogP contribution in [0.5, 0.6) is 5.75 Å². The van der Waals surface area contributed by atoms with E-state index in [0.717, 1.165) is 31.4 Å². The number of hydrogen-bond donors (Lipinski definition) is 1. The van der Waals surface area contributed by atoms with E-state index < -0.39 is 17.1 Å². The topological polar surface area (TPSA) is 67.6 Å². The number of hydrogen-bond acceptors (Lipinski definition) is 4. The Balaban J connectivity index is 1.45. The van der Waals surface area contributed by atoms with Crippen LogP contribution in [-0.4, -0.2) is 44.4 Å². The molecular formula is C22H33N3O3. The van der Waals surface area contributed by atoms with E-state index in [2.05, 4.69) is 11.7 Å². The Labute approximate surface area is 167 Å². The smallest absolute Gasteiger partial charge is 0.228 e. The van der Waals surface area contributed by atoms with Gasteiger partial charge in [-0.25, -0.2) is 0 Å². The molecule has 1 atom stereocenters. The van der Waals surface area contributed by atoms with Crippen molar-refractivity contribution >= 4 is 5.91 Å². The number of ether oxygens (including phenoxy) is 1. The Hall–Kier alpha value is -1.82. The van der Waals surface area contributed by atoms with Gasteiger partial charge < -0.3 is 14.7 Å². The second kappa shape index (κ2) is 7.21. The molecule has 1 spiro atoms. The highest BCUT2D eigenvalue weighted by Crippen LogP contribution is 2.45. The zero-order chi connectivity index (χ0) is 19.9. The highest BCUT2D eigenvalue weighted by molar-refractivity contribution is 5.82. The van der Waals surface area contributed by atoms with Gasteiger partial charge in [0.15, 0.2) is 5.75 Å². The summed E-state index contributed by atoms with van der Waals surface area (Å²) in [5, 5.41) is 15.4. The van der Waals surface area contributed by atoms with E-state index in [-0.39, 0.29) is 5.91 Å². The monoisotopic (exact) mass is 387 g/mol. The minimum Gasteiger partial charge on any atom is -0.483 e. The largest absolute Gasteiger partial charge is 0.483 e. The van der Waals surface area contributed by atoms with E-state index in [1.807, 2.05) is 35.7 Å². The summed E-state index contributed by atoms with van der Waals surface area (Å²) >= 11 is 0. The maximum atomic E-state index is 12.9. The van der Waals surface area contributed by atoms with Crippen molar-refractivity contribution in [2.24, 2.45) is 5.41 Å². The minimum absolute atomic E-state index is 0.174. The minimum atomic E-state index is -0.592. The number of carbonyl (C=O) groups excluding carboxylic acids is 1. The first-order valence-corrected chi connectivity index (χ1v) is 10.7. The van der Waals surface area contributed by atoms with Crippen molar-refractivity contribution in [1.29, 1.82) is 0 Å². The Morgan fingerprint density at radius 1 is 1.39 bits per heavy atom. The maximum absolute atomic E-state index is 12.9. The average molecular weight is 388 g/mol. The number of fused-ring (bicyclic) bond motifs is 1. The molecule has 0 aromatic carbocycles. The number of aliphatic hydroxyl groups is 1. The molecule has 1 unspecified atom stereocenters. The molecule has 1 N–H and O–H groups in total. The van der Waals surface area contributed by atoms with Crippen LogP contribution in [0.4, 0.5) is 0 Å². The quantitative estimate of drug-likeness (QED) is 0.799. The van der Waals surface area contributed by atoms with Crippen LogP contribution in [0.3, 0.4) is 0 Å². The average Bonchev–Trinajstić information content (AvgIpc) is 3.31. The molecule has 4 rings (SSSR count). The lowest BCUT2D eigenvalue weighted by molar-refractivity contribution is -0.145. The Kier molecular flexibility index (Phi) is 5.02. The maximum Gasteiger partial charge on any atom is 0.228 e. The van der Waals surface area contributed by atoms with Crippen LogP contribution >= 0.6 is 0 Å². The third-order valence-corrected chi connectivity index (χ3v) is 6.83. The van der Waals surface area contributed by atoms with Gasteiger partial charge in [0, 0.05) is 37.8 Å². The molecule has 6 heteroatoms. The second-order valence-corrected chi connectivity index (χ2v) is 9.47. The SMILES string of the molecule is C=CCC(C)(C)C(=O)N1CCC2(CC1)CC(O)c1nn(C3CCCC3)cc1O2. The number of aliphatic hydroxyl groups excluding tert-OH is 1. The lowest BCUT2D eigenvalue weighted by atomic mass is 9.81. The highest BCUT2D eigenvalue weighted by atomic mass is 16.5. The van der Waals surface area contributed by atoms with Gasteiger partial charge in [0.1, 0.15) is 17.4 Å². The normalized spacial score (nSPS) is 24.8. The Morgan fingerprint density at radius 2 is 2.07 bits per heavy atom. The third-order valence-electron chi connectivity index (χ3n) is 6.83. The fourth-order valence-electron chi connectivity index (χ4n) is 5.08. The van der Waals surface area contributed by atoms with Gasteiger partial charge in [-0.15, -0.1) is 6.58 Å². The van der Waals surface area contributed by atoms with Crippen LogP contribution in [0.1, 0.15) is 83.1 Å². The standard InChI is InChI=1S/C22H33N3O3/c1-4-9-21(2,3)20(27)24-12-10-22(11-13-24)14-17(26)19-18(28-22)15-25(23-19)16-7-5-6-8-16/h4,15-17,26H,1,5-14H2,2-3H3. The molecule has 3 aliphatic rings. The molecule has 2 aliphatic heterocycles. The van der Waals surface area contributed by atoms with E-state index in [9.17, 15) is 9.90 Å². The number of nitrogens with zero attached hydrogens (tertiary/aromatic N) is 3. The van der Waals surface area contributed by atoms with Crippen LogP contribution < -0.4 is 4.74 Å². The molecule has 1 amide bonds. The number of likely N-dealkylation sites (tertiary alicyclic amines) is 1. The predicted octanol–water partition coefficient (Wildman–Crippen LogP) is 3.78. The summed E-state index contributed by atoms with van der Waals surface area (Å²) < 4.78 is 8.45. The van der Waals surface area contributed by atoms with Crippen LogP contribution in [-0.2, 0) is 4.79 Å². The molecule has 1 saturated heterocycles. The van der Waals surface area contributed by atoms with Gasteiger partial charge in [-0.1, -0.05) is 32.8 Å². The van der Waals surface area contributed by atoms with E-state index in [0.29, 0.717) is 37.7 Å². The van der Waals surface area contributed by atoms with Gasteiger partial charge in [-0.05, 0) is 19.3 Å². The van der Waals surface area contributed by atoms with E-state index in [1.54, 1.807) is 0 Å². The van der Waals surface area contributed by atoms with Crippen molar-refractivity contribution in [1.82, 2.24) is 14.7 Å². The fraction of sp³-hybridized carbons (Fsp3) is 0.727. The first kappa shape index (κ1) is 19.5. The summed E-state index contributed by atoms with van der Waals surface area (Å²) in [4.78, 5) is 14.8. The van der Waals surface area contributed by atoms with Crippen molar-refractivity contribution in [2.75, 3.05) is 13.1 Å². The molecule has 28 heavy (non-hydrogen) atoms. The van der Waals surface area contributed by atoms with Crippen molar-refractivity contribution in [3.8, 4) is 5.75 Å². The summed E-state index contributed by atoms with van der Waals surface area (Å²) in [6, 6.07) is 0.434. The van der Waals surface area contributed by atoms with Crippen molar-refractivity contribution < 1.29 is 14.6 Å². The molecule has 1 aliphatic carbocycles. The Bertz CT molecular complexity index is 740. The number of carbonyl (C=O) groups is 1. The van der Waals surface area contributed by atoms with Gasteiger partial charge in [0.2, 0.25) is 5.91 Å². The molecule has 1 saturated carbocycles. The molecule has 1 aromatic heterocycles. The predicted molar refractivity (Wildman–Crippen MR) is 107 cm³/mol. The summed E-state index contributed by atoms with van der Waals surface area (Å²) in [6.07, 6.45) is 10.7. The molecule has 2 fully saturated rings. The second-order valence-electron chi connectivity index (χ2n) is 9.47. The van der Waals surface area contributed by atoms with Gasteiger partial charge in [-0.3, -0.25) is 9.48 Å². The molecule has 0 radical (unpaired) electrons. The molecule has 0 bridgehead atoms. The number of aromatic nitrogens is 2. The fourth-order valence-corrected chi connectivity index (χ4v) is 5.08. The van der Waals surface area contributed by atoms with Gasteiger partial charge >= 0.3 is 0 Å². The van der Waals surface area contributed by atoms with E-state index in [1.165, 1.54) is 12.8 Å². The zero-order valence-electron chi connectivity index (χ0n) is 17.2. The van der Waals surface area contributed by atoms with E-state index in [4.69, 9.17) is 4.74 Å². The van der Waals surface area contributed by atoms with Crippen molar-refractivity contribution in [2.45, 2.75) is 83.0 Å². The number of amides is 1. The lowest BCUT2D eigenvalue weighted by Crippen LogP contribution is -2.53. The third kappa shape index (κ3) is 3.47. The van der Waals surface area contributed by atoms with Crippen LogP contribution in [0.2, 0.25) is 0 Å². The summed E-state index contributed by atoms with van der Waals surface area (Å²) in [5.74, 6) is 0.908. The van der Waals surface area contributed by atoms with Gasteiger partial charge in [-0.2, -0.15) is 5.10 Å². The van der Waals surface area contributed by atoms with E-state index >= 15 is 0 Å². The van der Waals surface area contributed by atoms with Gasteiger partial charge in [0.05, 0.1) is 12.2 Å². The highest BCUT2D eigenvalue weighted by Gasteiger charge is 2.46. The number of rotatable bonds is 4. The van der Waals surface area contributed by atoms with Crippen molar-refractivity contribution in [3.63, 3.8) is 0 Å². The van der Waals surface area contributed by atoms with Crippen molar-refractivity contribution in [3.05, 3.63) is 24.5 Å². The van der Waals surface area contributed by atoms with Gasteiger partial charge in [0.25, 0.3) is 0 Å². The molecule has 6 nitrogen and oxygen atoms in total. The number of allylic oxidation sites excluding steroid dienone is 1. The molecule has 1 aromatic rings. The van der Waals surface area contributed by atoms with Crippen LogP contribution in [0.15, 0.2) is 18.9 Å². The summed E-state index contributed by atoms with van der Waals surface area (Å²) in [7, 11) is 0. The molecular weight excluding hydrogens is 354 g/mol. The lowest BCUT2D eigenvalue weighted by Gasteiger charge is -2.46. The zero-order valence-corrected chi connectivity index (χ0v) is 17.2. The molecule has 3 heterocycles. The Morgan fingerprint density at radius 3 is 2.71 bits per heavy atom. The first-order valence-electron chi connectivity index (χ1n) is 10.7. The first-order chi connectivity index (χ1) is 13.3. The molecule has 154 valence electrons. The summed E-state index contributed by atoms with van der Waals surface area (Å²) in [6.45, 7) is 9.06.